The smallest absolute Gasteiger partial charge is 0.293 e. The third-order valence-corrected chi connectivity index (χ3v) is 5.11. The summed E-state index contributed by atoms with van der Waals surface area (Å²) in [6, 6.07) is 9.08. The Morgan fingerprint density at radius 3 is 2.64 bits per heavy atom. The zero-order chi connectivity index (χ0) is 17.8. The van der Waals surface area contributed by atoms with E-state index in [-0.39, 0.29) is 24.1 Å². The molecule has 3 amide bonds. The molecular formula is C17H13FN2O3S2. The molecule has 0 atom stereocenters. The summed E-state index contributed by atoms with van der Waals surface area (Å²) in [4.78, 5) is 38.5. The number of rotatable bonds is 5. The minimum absolute atomic E-state index is 0.000521. The highest BCUT2D eigenvalue weighted by Gasteiger charge is 2.35. The van der Waals surface area contributed by atoms with Gasteiger partial charge in [-0.1, -0.05) is 6.07 Å². The lowest BCUT2D eigenvalue weighted by molar-refractivity contribution is -0.123. The highest BCUT2D eigenvalue weighted by molar-refractivity contribution is 8.18. The minimum Gasteiger partial charge on any atom is -0.326 e. The molecule has 2 heterocycles. The van der Waals surface area contributed by atoms with Gasteiger partial charge in [0.15, 0.2) is 0 Å². The van der Waals surface area contributed by atoms with Crippen molar-refractivity contribution in [3.63, 3.8) is 0 Å². The van der Waals surface area contributed by atoms with Gasteiger partial charge in [0.25, 0.3) is 11.1 Å². The molecule has 0 aliphatic carbocycles. The van der Waals surface area contributed by atoms with E-state index in [0.29, 0.717) is 10.6 Å². The monoisotopic (exact) mass is 376 g/mol. The van der Waals surface area contributed by atoms with Crippen LogP contribution in [0.4, 0.5) is 14.9 Å². The van der Waals surface area contributed by atoms with E-state index in [1.165, 1.54) is 35.6 Å². The predicted molar refractivity (Wildman–Crippen MR) is 96.6 cm³/mol. The molecule has 1 aliphatic rings. The Bertz CT molecular complexity index is 832. The Morgan fingerprint density at radius 2 is 1.96 bits per heavy atom. The standard InChI is InChI=1S/C17H13FN2O3S2/c18-11-3-5-12(6-4-11)19-15(21)7-8-20-16(22)14(25-17(20)23)10-13-2-1-9-24-13/h1-6,9-10H,7-8H2,(H,19,21)/b14-10+. The molecule has 1 aliphatic heterocycles. The maximum absolute atomic E-state index is 12.8. The van der Waals surface area contributed by atoms with Crippen LogP contribution in [-0.4, -0.2) is 28.5 Å². The van der Waals surface area contributed by atoms with Crippen LogP contribution in [-0.2, 0) is 9.59 Å². The maximum Gasteiger partial charge on any atom is 0.293 e. The fourth-order valence-corrected chi connectivity index (χ4v) is 3.75. The van der Waals surface area contributed by atoms with Gasteiger partial charge in [-0.3, -0.25) is 19.3 Å². The summed E-state index contributed by atoms with van der Waals surface area (Å²) in [6.45, 7) is -0.000521. The highest BCUT2D eigenvalue weighted by atomic mass is 32.2. The number of hydrogen-bond acceptors (Lipinski definition) is 5. The molecule has 0 spiro atoms. The second-order valence-corrected chi connectivity index (χ2v) is 7.13. The van der Waals surface area contributed by atoms with Gasteiger partial charge in [-0.05, 0) is 53.5 Å². The van der Waals surface area contributed by atoms with Gasteiger partial charge in [-0.2, -0.15) is 0 Å². The third kappa shape index (κ3) is 4.34. The van der Waals surface area contributed by atoms with Crippen molar-refractivity contribution in [2.75, 3.05) is 11.9 Å². The van der Waals surface area contributed by atoms with Gasteiger partial charge >= 0.3 is 0 Å². The van der Waals surface area contributed by atoms with E-state index >= 15 is 0 Å². The number of amides is 3. The predicted octanol–water partition coefficient (Wildman–Crippen LogP) is 3.95. The highest BCUT2D eigenvalue weighted by Crippen LogP contribution is 2.32. The van der Waals surface area contributed by atoms with Crippen LogP contribution < -0.4 is 5.32 Å². The number of benzene rings is 1. The summed E-state index contributed by atoms with van der Waals surface area (Å²) in [5.74, 6) is -1.14. The van der Waals surface area contributed by atoms with Crippen molar-refractivity contribution in [3.8, 4) is 0 Å². The molecule has 0 saturated carbocycles. The Balaban J connectivity index is 1.57. The van der Waals surface area contributed by atoms with Crippen molar-refractivity contribution in [3.05, 3.63) is 57.4 Å². The van der Waals surface area contributed by atoms with Gasteiger partial charge < -0.3 is 5.32 Å². The molecule has 25 heavy (non-hydrogen) atoms. The average Bonchev–Trinajstić information content (AvgIpc) is 3.18. The Kier molecular flexibility index (Phi) is 5.30. The van der Waals surface area contributed by atoms with Gasteiger partial charge in [-0.25, -0.2) is 4.39 Å². The number of carbonyl (C=O) groups excluding carboxylic acids is 3. The van der Waals surface area contributed by atoms with Crippen LogP contribution >= 0.6 is 23.1 Å². The third-order valence-electron chi connectivity index (χ3n) is 3.38. The number of imide groups is 1. The molecule has 0 unspecified atom stereocenters. The first-order valence-corrected chi connectivity index (χ1v) is 9.07. The van der Waals surface area contributed by atoms with Crippen molar-refractivity contribution >= 4 is 51.9 Å². The van der Waals surface area contributed by atoms with Crippen LogP contribution in [0.1, 0.15) is 11.3 Å². The van der Waals surface area contributed by atoms with Crippen molar-refractivity contribution in [1.29, 1.82) is 0 Å². The summed E-state index contributed by atoms with van der Waals surface area (Å²) in [5.41, 5.74) is 0.457. The van der Waals surface area contributed by atoms with Crippen LogP contribution in [0.2, 0.25) is 0 Å². The van der Waals surface area contributed by atoms with Crippen molar-refractivity contribution in [2.45, 2.75) is 6.42 Å². The summed E-state index contributed by atoms with van der Waals surface area (Å²) in [7, 11) is 0. The van der Waals surface area contributed by atoms with Gasteiger partial charge in [-0.15, -0.1) is 11.3 Å². The summed E-state index contributed by atoms with van der Waals surface area (Å²) >= 11 is 2.34. The van der Waals surface area contributed by atoms with Gasteiger partial charge in [0.1, 0.15) is 5.82 Å². The van der Waals surface area contributed by atoms with Crippen molar-refractivity contribution in [2.24, 2.45) is 0 Å². The number of halogens is 1. The molecule has 1 aromatic carbocycles. The van der Waals surface area contributed by atoms with Gasteiger partial charge in [0.05, 0.1) is 4.91 Å². The Hall–Kier alpha value is -2.45. The number of anilines is 1. The SMILES string of the molecule is O=C(CCN1C(=O)S/C(=C/c2cccs2)C1=O)Nc1ccc(F)cc1. The molecule has 8 heteroatoms. The normalized spacial score (nSPS) is 15.9. The maximum atomic E-state index is 12.8. The summed E-state index contributed by atoms with van der Waals surface area (Å²) in [5, 5.41) is 4.09. The first kappa shape index (κ1) is 17.4. The molecule has 1 saturated heterocycles. The van der Waals surface area contributed by atoms with Crippen LogP contribution in [0.15, 0.2) is 46.7 Å². The molecular weight excluding hydrogens is 363 g/mol. The first-order valence-electron chi connectivity index (χ1n) is 7.37. The zero-order valence-corrected chi connectivity index (χ0v) is 14.5. The molecule has 0 radical (unpaired) electrons. The lowest BCUT2D eigenvalue weighted by Gasteiger charge is -2.12. The fourth-order valence-electron chi connectivity index (χ4n) is 2.17. The number of thioether (sulfide) groups is 1. The van der Waals surface area contributed by atoms with E-state index in [0.717, 1.165) is 21.5 Å². The van der Waals surface area contributed by atoms with E-state index in [2.05, 4.69) is 5.32 Å². The number of carbonyl (C=O) groups is 3. The zero-order valence-electron chi connectivity index (χ0n) is 12.9. The molecule has 1 fully saturated rings. The first-order chi connectivity index (χ1) is 12.0. The molecule has 1 aromatic heterocycles. The molecule has 5 nitrogen and oxygen atoms in total. The molecule has 2 aromatic rings. The van der Waals surface area contributed by atoms with Gasteiger partial charge in [0, 0.05) is 23.5 Å². The summed E-state index contributed by atoms with van der Waals surface area (Å²) < 4.78 is 12.8. The van der Waals surface area contributed by atoms with Crippen molar-refractivity contribution < 1.29 is 18.8 Å². The van der Waals surface area contributed by atoms with E-state index in [4.69, 9.17) is 0 Å². The summed E-state index contributed by atoms with van der Waals surface area (Å²) in [6.07, 6.45) is 1.65. The lowest BCUT2D eigenvalue weighted by Crippen LogP contribution is -2.31. The largest absolute Gasteiger partial charge is 0.326 e. The van der Waals surface area contributed by atoms with E-state index in [1.54, 1.807) is 6.08 Å². The second kappa shape index (κ2) is 7.62. The van der Waals surface area contributed by atoms with Crippen LogP contribution in [0, 0.1) is 5.82 Å². The number of thiophene rings is 1. The quantitative estimate of drug-likeness (QED) is 0.803. The van der Waals surface area contributed by atoms with Gasteiger partial charge in [0.2, 0.25) is 5.91 Å². The fraction of sp³-hybridized carbons (Fsp3) is 0.118. The topological polar surface area (TPSA) is 66.5 Å². The van der Waals surface area contributed by atoms with E-state index < -0.39 is 11.7 Å². The van der Waals surface area contributed by atoms with Crippen LogP contribution in [0.5, 0.6) is 0 Å². The molecule has 1 N–H and O–H groups in total. The molecule has 0 bridgehead atoms. The Labute approximate surface area is 151 Å². The van der Waals surface area contributed by atoms with E-state index in [9.17, 15) is 18.8 Å². The molecule has 128 valence electrons. The molecule has 3 rings (SSSR count). The van der Waals surface area contributed by atoms with Crippen LogP contribution in [0.3, 0.4) is 0 Å². The number of nitrogens with zero attached hydrogens (tertiary/aromatic N) is 1. The lowest BCUT2D eigenvalue weighted by atomic mass is 10.3. The number of nitrogens with one attached hydrogen (secondary N) is 1. The Morgan fingerprint density at radius 1 is 1.20 bits per heavy atom. The average molecular weight is 376 g/mol. The van der Waals surface area contributed by atoms with Crippen LogP contribution in [0.25, 0.3) is 6.08 Å². The van der Waals surface area contributed by atoms with E-state index in [1.807, 2.05) is 17.5 Å². The van der Waals surface area contributed by atoms with Crippen molar-refractivity contribution in [1.82, 2.24) is 4.90 Å². The second-order valence-electron chi connectivity index (χ2n) is 5.15. The number of hydrogen-bond donors (Lipinski definition) is 1. The minimum atomic E-state index is -0.395.